The van der Waals surface area contributed by atoms with Crippen molar-refractivity contribution in [3.63, 3.8) is 0 Å². The van der Waals surface area contributed by atoms with Gasteiger partial charge in [0.2, 0.25) is 0 Å². The van der Waals surface area contributed by atoms with Crippen LogP contribution in [0.4, 0.5) is 5.69 Å². The highest BCUT2D eigenvalue weighted by atomic mass is 32.1. The summed E-state index contributed by atoms with van der Waals surface area (Å²) in [5.41, 5.74) is 9.35. The van der Waals surface area contributed by atoms with Gasteiger partial charge in [0.15, 0.2) is 0 Å². The van der Waals surface area contributed by atoms with Crippen molar-refractivity contribution in [2.75, 3.05) is 12.3 Å². The van der Waals surface area contributed by atoms with Crippen LogP contribution < -0.4 is 10.5 Å². The predicted octanol–water partition coefficient (Wildman–Crippen LogP) is 2.66. The highest BCUT2D eigenvalue weighted by molar-refractivity contribution is 7.09. The Morgan fingerprint density at radius 3 is 3.00 bits per heavy atom. The van der Waals surface area contributed by atoms with Crippen LogP contribution in [0.2, 0.25) is 0 Å². The number of aromatic nitrogens is 1. The molecule has 2 N–H and O–H groups in total. The number of benzene rings is 1. The third-order valence-electron chi connectivity index (χ3n) is 2.30. The molecule has 0 aliphatic rings. The van der Waals surface area contributed by atoms with E-state index in [9.17, 15) is 0 Å². The number of anilines is 1. The van der Waals surface area contributed by atoms with Gasteiger partial charge in [-0.15, -0.1) is 11.3 Å². The molecule has 0 saturated carbocycles. The third-order valence-corrected chi connectivity index (χ3v) is 3.30. The molecule has 84 valence electrons. The molecule has 2 rings (SSSR count). The Morgan fingerprint density at radius 1 is 1.44 bits per heavy atom. The molecule has 0 fully saturated rings. The van der Waals surface area contributed by atoms with E-state index < -0.39 is 0 Å². The number of aryl methyl sites for hydroxylation is 1. The van der Waals surface area contributed by atoms with Crippen LogP contribution in [-0.4, -0.2) is 11.6 Å². The highest BCUT2D eigenvalue weighted by Crippen LogP contribution is 2.16. The molecule has 4 heteroatoms. The number of hydrogen-bond donors (Lipinski definition) is 1. The Balaban J connectivity index is 1.87. The van der Waals surface area contributed by atoms with E-state index in [0.717, 1.165) is 23.6 Å². The molecule has 1 aromatic carbocycles. The van der Waals surface area contributed by atoms with Crippen LogP contribution in [-0.2, 0) is 6.42 Å². The Labute approximate surface area is 98.9 Å². The zero-order valence-electron chi connectivity index (χ0n) is 9.14. The van der Waals surface area contributed by atoms with E-state index in [1.807, 2.05) is 36.7 Å². The van der Waals surface area contributed by atoms with E-state index >= 15 is 0 Å². The number of hydrogen-bond acceptors (Lipinski definition) is 4. The Morgan fingerprint density at radius 2 is 2.31 bits per heavy atom. The van der Waals surface area contributed by atoms with Crippen molar-refractivity contribution in [1.82, 2.24) is 4.98 Å². The minimum Gasteiger partial charge on any atom is -0.493 e. The van der Waals surface area contributed by atoms with E-state index in [2.05, 4.69) is 4.98 Å². The lowest BCUT2D eigenvalue weighted by Gasteiger charge is -2.05. The van der Waals surface area contributed by atoms with Gasteiger partial charge in [-0.3, -0.25) is 0 Å². The lowest BCUT2D eigenvalue weighted by molar-refractivity contribution is 0.323. The van der Waals surface area contributed by atoms with Gasteiger partial charge in [-0.05, 0) is 19.1 Å². The normalized spacial score (nSPS) is 10.3. The molecule has 1 heterocycles. The van der Waals surface area contributed by atoms with E-state index in [0.29, 0.717) is 6.61 Å². The summed E-state index contributed by atoms with van der Waals surface area (Å²) in [4.78, 5) is 5.48. The first kappa shape index (κ1) is 11.0. The number of ether oxygens (including phenoxy) is 1. The van der Waals surface area contributed by atoms with Gasteiger partial charge in [-0.25, -0.2) is 4.98 Å². The summed E-state index contributed by atoms with van der Waals surface area (Å²) in [6, 6.07) is 7.48. The minimum atomic E-state index is 0.659. The fourth-order valence-corrected chi connectivity index (χ4v) is 2.19. The van der Waals surface area contributed by atoms with E-state index in [1.54, 1.807) is 11.3 Å². The second-order valence-electron chi connectivity index (χ2n) is 3.53. The van der Waals surface area contributed by atoms with Crippen LogP contribution in [0.15, 0.2) is 29.8 Å². The van der Waals surface area contributed by atoms with Gasteiger partial charge in [0.25, 0.3) is 0 Å². The second kappa shape index (κ2) is 4.99. The maximum absolute atomic E-state index is 5.66. The van der Waals surface area contributed by atoms with Crippen LogP contribution in [0.1, 0.15) is 10.6 Å². The van der Waals surface area contributed by atoms with Crippen LogP contribution in [0.25, 0.3) is 0 Å². The zero-order chi connectivity index (χ0) is 11.4. The van der Waals surface area contributed by atoms with Crippen LogP contribution in [0.5, 0.6) is 5.75 Å². The summed E-state index contributed by atoms with van der Waals surface area (Å²) in [5.74, 6) is 0.821. The average Bonchev–Trinajstić information content (AvgIpc) is 2.65. The molecule has 1 aromatic heterocycles. The van der Waals surface area contributed by atoms with Crippen molar-refractivity contribution in [3.05, 3.63) is 40.3 Å². The van der Waals surface area contributed by atoms with E-state index in [1.165, 1.54) is 4.88 Å². The van der Waals surface area contributed by atoms with Gasteiger partial charge in [-0.1, -0.05) is 6.07 Å². The topological polar surface area (TPSA) is 48.1 Å². The molecule has 0 unspecified atom stereocenters. The molecule has 3 nitrogen and oxygen atoms in total. The first-order valence-corrected chi connectivity index (χ1v) is 6.01. The van der Waals surface area contributed by atoms with Crippen molar-refractivity contribution in [1.29, 1.82) is 0 Å². The Bertz CT molecular complexity index is 468. The number of nitrogens with zero attached hydrogens (tertiary/aromatic N) is 1. The Kier molecular flexibility index (Phi) is 3.41. The van der Waals surface area contributed by atoms with Gasteiger partial charge < -0.3 is 10.5 Å². The SMILES string of the molecule is Cc1ncsc1CCOc1cccc(N)c1. The van der Waals surface area contributed by atoms with Crippen LogP contribution in [0, 0.1) is 6.92 Å². The monoisotopic (exact) mass is 234 g/mol. The van der Waals surface area contributed by atoms with Crippen molar-refractivity contribution in [3.8, 4) is 5.75 Å². The molecule has 16 heavy (non-hydrogen) atoms. The molecular formula is C12H14N2OS. The number of nitrogens with two attached hydrogens (primary N) is 1. The van der Waals surface area contributed by atoms with Gasteiger partial charge in [0.05, 0.1) is 17.8 Å². The maximum atomic E-state index is 5.66. The molecule has 0 aliphatic carbocycles. The zero-order valence-corrected chi connectivity index (χ0v) is 9.96. The molecular weight excluding hydrogens is 220 g/mol. The lowest BCUT2D eigenvalue weighted by atomic mass is 10.3. The summed E-state index contributed by atoms with van der Waals surface area (Å²) in [6.45, 7) is 2.68. The largest absolute Gasteiger partial charge is 0.493 e. The maximum Gasteiger partial charge on any atom is 0.121 e. The van der Waals surface area contributed by atoms with E-state index in [4.69, 9.17) is 10.5 Å². The van der Waals surface area contributed by atoms with Gasteiger partial charge in [0, 0.05) is 23.1 Å². The van der Waals surface area contributed by atoms with Gasteiger partial charge in [-0.2, -0.15) is 0 Å². The predicted molar refractivity (Wildman–Crippen MR) is 66.9 cm³/mol. The lowest BCUT2D eigenvalue weighted by Crippen LogP contribution is -2.01. The minimum absolute atomic E-state index is 0.659. The molecule has 0 radical (unpaired) electrons. The quantitative estimate of drug-likeness (QED) is 0.827. The molecule has 0 atom stereocenters. The highest BCUT2D eigenvalue weighted by Gasteiger charge is 2.01. The van der Waals surface area contributed by atoms with Crippen molar-refractivity contribution in [2.24, 2.45) is 0 Å². The molecule has 0 saturated heterocycles. The van der Waals surface area contributed by atoms with Gasteiger partial charge >= 0.3 is 0 Å². The molecule has 0 spiro atoms. The van der Waals surface area contributed by atoms with Crippen LogP contribution in [0.3, 0.4) is 0 Å². The summed E-state index contributed by atoms with van der Waals surface area (Å²) >= 11 is 1.67. The smallest absolute Gasteiger partial charge is 0.121 e. The fraction of sp³-hybridized carbons (Fsp3) is 0.250. The molecule has 2 aromatic rings. The summed E-state index contributed by atoms with van der Waals surface area (Å²) in [5, 5.41) is 0. The Hall–Kier alpha value is -1.55. The van der Waals surface area contributed by atoms with Crippen molar-refractivity contribution < 1.29 is 4.74 Å². The molecule has 0 amide bonds. The van der Waals surface area contributed by atoms with Gasteiger partial charge in [0.1, 0.15) is 5.75 Å². The van der Waals surface area contributed by atoms with Crippen molar-refractivity contribution >= 4 is 17.0 Å². The van der Waals surface area contributed by atoms with Crippen LogP contribution >= 0.6 is 11.3 Å². The van der Waals surface area contributed by atoms with Crippen molar-refractivity contribution in [2.45, 2.75) is 13.3 Å². The second-order valence-corrected chi connectivity index (χ2v) is 4.47. The first-order chi connectivity index (χ1) is 7.75. The number of rotatable bonds is 4. The standard InChI is InChI=1S/C12H14N2OS/c1-9-12(16-8-14-9)5-6-15-11-4-2-3-10(13)7-11/h2-4,7-8H,5-6,13H2,1H3. The fourth-order valence-electron chi connectivity index (χ4n) is 1.43. The summed E-state index contributed by atoms with van der Waals surface area (Å²) in [7, 11) is 0. The molecule has 0 bridgehead atoms. The van der Waals surface area contributed by atoms with E-state index in [-0.39, 0.29) is 0 Å². The summed E-state index contributed by atoms with van der Waals surface area (Å²) < 4.78 is 5.61. The third kappa shape index (κ3) is 2.73. The summed E-state index contributed by atoms with van der Waals surface area (Å²) in [6.07, 6.45) is 0.894. The molecule has 0 aliphatic heterocycles. The average molecular weight is 234 g/mol. The first-order valence-electron chi connectivity index (χ1n) is 5.13. The number of thiazole rings is 1. The number of nitrogen functional groups attached to an aromatic ring is 1.